The smallest absolute Gasteiger partial charge is 0.251 e. The van der Waals surface area contributed by atoms with Gasteiger partial charge in [0.25, 0.3) is 5.91 Å². The number of benzene rings is 1. The third-order valence-electron chi connectivity index (χ3n) is 4.69. The molecule has 1 amide bonds. The molecule has 0 radical (unpaired) electrons. The van der Waals surface area contributed by atoms with Gasteiger partial charge in [0.05, 0.1) is 8.55 Å². The Hall–Kier alpha value is -1.01. The number of nitrogens with one attached hydrogen (secondary N) is 1. The van der Waals surface area contributed by atoms with E-state index in [-0.39, 0.29) is 5.91 Å². The van der Waals surface area contributed by atoms with Crippen molar-refractivity contribution < 1.29 is 4.79 Å². The van der Waals surface area contributed by atoms with Crippen molar-refractivity contribution in [2.45, 2.75) is 28.0 Å². The van der Waals surface area contributed by atoms with Gasteiger partial charge in [0.15, 0.2) is 0 Å². The lowest BCUT2D eigenvalue weighted by atomic mass is 9.96. The Balaban J connectivity index is 1.36. The van der Waals surface area contributed by atoms with Crippen LogP contribution in [0.1, 0.15) is 23.2 Å². The minimum absolute atomic E-state index is 0.0400. The summed E-state index contributed by atoms with van der Waals surface area (Å²) in [5, 5.41) is 3.21. The normalized spacial score (nSPS) is 25.6. The van der Waals surface area contributed by atoms with Gasteiger partial charge in [0, 0.05) is 29.6 Å². The third kappa shape index (κ3) is 3.80. The topological polar surface area (TPSA) is 32.3 Å². The van der Waals surface area contributed by atoms with E-state index in [0.29, 0.717) is 6.04 Å². The average molecular weight is 379 g/mol. The monoisotopic (exact) mass is 378 g/mol. The average Bonchev–Trinajstić information content (AvgIpc) is 3.13. The quantitative estimate of drug-likeness (QED) is 0.857. The number of hydrogen-bond acceptors (Lipinski definition) is 4. The van der Waals surface area contributed by atoms with Crippen molar-refractivity contribution in [3.05, 3.63) is 46.3 Å². The van der Waals surface area contributed by atoms with Crippen LogP contribution in [0.5, 0.6) is 0 Å². The van der Waals surface area contributed by atoms with Crippen LogP contribution in [0.15, 0.2) is 45.5 Å². The summed E-state index contributed by atoms with van der Waals surface area (Å²) in [4.78, 5) is 16.0. The van der Waals surface area contributed by atoms with Crippen LogP contribution in [0.2, 0.25) is 4.34 Å². The summed E-state index contributed by atoms with van der Waals surface area (Å²) in [6.45, 7) is 3.40. The number of amides is 1. The number of piperidine rings is 1. The molecule has 2 aliphatic heterocycles. The highest BCUT2D eigenvalue weighted by Crippen LogP contribution is 2.35. The maximum atomic E-state index is 12.5. The lowest BCUT2D eigenvalue weighted by molar-refractivity contribution is 0.0909. The first-order valence-corrected chi connectivity index (χ1v) is 10.2. The van der Waals surface area contributed by atoms with Crippen LogP contribution in [0, 0.1) is 5.92 Å². The Labute approximate surface area is 155 Å². The number of fused-ring (bicyclic) bond motifs is 2. The Morgan fingerprint density at radius 1 is 1.21 bits per heavy atom. The number of thiophene rings is 1. The van der Waals surface area contributed by atoms with Crippen LogP contribution >= 0.6 is 34.7 Å². The van der Waals surface area contributed by atoms with E-state index in [4.69, 9.17) is 11.6 Å². The summed E-state index contributed by atoms with van der Waals surface area (Å²) >= 11 is 9.20. The SMILES string of the molecule is O=C(N[C@@H]1C[C@@H]2CCN(C2)C1)c1ccc(Sc2ccc(Cl)s2)cc1. The molecule has 2 saturated heterocycles. The van der Waals surface area contributed by atoms with Crippen molar-refractivity contribution in [3.8, 4) is 0 Å². The molecule has 1 aromatic carbocycles. The second-order valence-electron chi connectivity index (χ2n) is 6.51. The molecule has 2 fully saturated rings. The van der Waals surface area contributed by atoms with Gasteiger partial charge in [-0.05, 0) is 61.7 Å². The molecule has 1 unspecified atom stereocenters. The van der Waals surface area contributed by atoms with Crippen LogP contribution in [0.25, 0.3) is 0 Å². The van der Waals surface area contributed by atoms with E-state index in [9.17, 15) is 4.79 Å². The molecular weight excluding hydrogens is 360 g/mol. The van der Waals surface area contributed by atoms with E-state index in [1.165, 1.54) is 19.5 Å². The molecule has 0 spiro atoms. The van der Waals surface area contributed by atoms with E-state index in [0.717, 1.165) is 37.9 Å². The van der Waals surface area contributed by atoms with E-state index < -0.39 is 0 Å². The van der Waals surface area contributed by atoms with E-state index in [2.05, 4.69) is 10.2 Å². The lowest BCUT2D eigenvalue weighted by Crippen LogP contribution is -2.47. The van der Waals surface area contributed by atoms with Crippen molar-refractivity contribution in [1.29, 1.82) is 0 Å². The molecule has 4 rings (SSSR count). The van der Waals surface area contributed by atoms with Crippen LogP contribution < -0.4 is 5.32 Å². The molecule has 6 heteroatoms. The van der Waals surface area contributed by atoms with Crippen molar-refractivity contribution >= 4 is 40.6 Å². The zero-order chi connectivity index (χ0) is 16.5. The highest BCUT2D eigenvalue weighted by atomic mass is 35.5. The molecule has 2 aliphatic rings. The molecule has 0 saturated carbocycles. The summed E-state index contributed by atoms with van der Waals surface area (Å²) in [6.07, 6.45) is 2.40. The van der Waals surface area contributed by atoms with Gasteiger partial charge < -0.3 is 10.2 Å². The fraction of sp³-hybridized carbons (Fsp3) is 0.389. The maximum absolute atomic E-state index is 12.5. The van der Waals surface area contributed by atoms with Gasteiger partial charge in [-0.25, -0.2) is 0 Å². The Morgan fingerprint density at radius 2 is 2.04 bits per heavy atom. The van der Waals surface area contributed by atoms with E-state index >= 15 is 0 Å². The Kier molecular flexibility index (Phi) is 4.86. The van der Waals surface area contributed by atoms with Crippen LogP contribution in [-0.2, 0) is 0 Å². The predicted octanol–water partition coefficient (Wildman–Crippen LogP) is 4.38. The molecule has 1 aromatic heterocycles. The lowest BCUT2D eigenvalue weighted by Gasteiger charge is -2.30. The van der Waals surface area contributed by atoms with Gasteiger partial charge in [-0.3, -0.25) is 4.79 Å². The molecule has 2 bridgehead atoms. The zero-order valence-corrected chi connectivity index (χ0v) is 15.6. The largest absolute Gasteiger partial charge is 0.348 e. The first kappa shape index (κ1) is 16.5. The van der Waals surface area contributed by atoms with Gasteiger partial charge in [-0.1, -0.05) is 23.4 Å². The number of nitrogens with zero attached hydrogens (tertiary/aromatic N) is 1. The van der Waals surface area contributed by atoms with Gasteiger partial charge in [0.1, 0.15) is 0 Å². The molecule has 0 aliphatic carbocycles. The van der Waals surface area contributed by atoms with Crippen molar-refractivity contribution in [2.24, 2.45) is 5.92 Å². The highest BCUT2D eigenvalue weighted by molar-refractivity contribution is 8.01. The summed E-state index contributed by atoms with van der Waals surface area (Å²) in [6, 6.07) is 12.0. The minimum Gasteiger partial charge on any atom is -0.348 e. The second-order valence-corrected chi connectivity index (χ2v) is 9.59. The molecular formula is C18H19ClN2OS2. The molecule has 24 heavy (non-hydrogen) atoms. The Bertz CT molecular complexity index is 719. The first-order chi connectivity index (χ1) is 11.7. The highest BCUT2D eigenvalue weighted by Gasteiger charge is 2.32. The van der Waals surface area contributed by atoms with E-state index in [1.807, 2.05) is 36.4 Å². The van der Waals surface area contributed by atoms with Crippen molar-refractivity contribution in [1.82, 2.24) is 10.2 Å². The molecule has 1 N–H and O–H groups in total. The molecule has 2 aromatic rings. The molecule has 3 atom stereocenters. The van der Waals surface area contributed by atoms with Crippen LogP contribution in [0.4, 0.5) is 0 Å². The van der Waals surface area contributed by atoms with Gasteiger partial charge >= 0.3 is 0 Å². The van der Waals surface area contributed by atoms with Gasteiger partial charge in [-0.2, -0.15) is 0 Å². The number of carbonyl (C=O) groups excluding carboxylic acids is 1. The van der Waals surface area contributed by atoms with Crippen LogP contribution in [-0.4, -0.2) is 36.5 Å². The standard InChI is InChI=1S/C18H19ClN2OS2/c19-16-5-6-17(24-16)23-15-3-1-13(2-4-15)18(22)20-14-9-12-7-8-21(10-12)11-14/h1-6,12,14H,7-11H2,(H,20,22)/t12-,14+/m0/s1. The zero-order valence-electron chi connectivity index (χ0n) is 13.2. The van der Waals surface area contributed by atoms with Crippen molar-refractivity contribution in [3.63, 3.8) is 0 Å². The summed E-state index contributed by atoms with van der Waals surface area (Å²) in [7, 11) is 0. The number of halogens is 1. The fourth-order valence-corrected chi connectivity index (χ4v) is 5.86. The van der Waals surface area contributed by atoms with Gasteiger partial charge in [0.2, 0.25) is 0 Å². The minimum atomic E-state index is 0.0400. The summed E-state index contributed by atoms with van der Waals surface area (Å²) in [5.74, 6) is 0.804. The van der Waals surface area contributed by atoms with Gasteiger partial charge in [-0.15, -0.1) is 11.3 Å². The van der Waals surface area contributed by atoms with Crippen LogP contribution in [0.3, 0.4) is 0 Å². The summed E-state index contributed by atoms with van der Waals surface area (Å²) < 4.78 is 1.95. The second kappa shape index (κ2) is 7.08. The number of rotatable bonds is 4. The number of carbonyl (C=O) groups is 1. The first-order valence-electron chi connectivity index (χ1n) is 8.22. The third-order valence-corrected chi connectivity index (χ3v) is 7.06. The predicted molar refractivity (Wildman–Crippen MR) is 100 cm³/mol. The Morgan fingerprint density at radius 3 is 2.75 bits per heavy atom. The molecule has 126 valence electrons. The maximum Gasteiger partial charge on any atom is 0.251 e. The fourth-order valence-electron chi connectivity index (χ4n) is 3.58. The molecule has 3 heterocycles. The molecule has 3 nitrogen and oxygen atoms in total. The summed E-state index contributed by atoms with van der Waals surface area (Å²) in [5.41, 5.74) is 0.733. The van der Waals surface area contributed by atoms with E-state index in [1.54, 1.807) is 23.1 Å². The van der Waals surface area contributed by atoms with Crippen molar-refractivity contribution in [2.75, 3.05) is 19.6 Å². The number of hydrogen-bond donors (Lipinski definition) is 1.